The Hall–Kier alpha value is -2.41. The van der Waals surface area contributed by atoms with Crippen molar-refractivity contribution < 1.29 is 13.9 Å². The number of morpholine rings is 1. The molecular weight excluding hydrogens is 332 g/mol. The van der Waals surface area contributed by atoms with E-state index < -0.39 is 0 Å². The van der Waals surface area contributed by atoms with E-state index in [0.717, 1.165) is 43.1 Å². The summed E-state index contributed by atoms with van der Waals surface area (Å²) in [6, 6.07) is 3.26. The molecule has 0 spiro atoms. The smallest absolute Gasteiger partial charge is 0.287 e. The maximum atomic E-state index is 12.4. The van der Waals surface area contributed by atoms with E-state index >= 15 is 0 Å². The van der Waals surface area contributed by atoms with E-state index in [9.17, 15) is 4.79 Å². The number of carbonyl (C=O) groups excluding carboxylic acids is 1. The second-order valence-corrected chi connectivity index (χ2v) is 7.72. The number of hydrogen-bond acceptors (Lipinski definition) is 6. The summed E-state index contributed by atoms with van der Waals surface area (Å²) in [6.07, 6.45) is 5.09. The molecule has 0 aromatic carbocycles. The van der Waals surface area contributed by atoms with Gasteiger partial charge in [-0.05, 0) is 30.4 Å². The van der Waals surface area contributed by atoms with E-state index in [0.29, 0.717) is 19.0 Å². The summed E-state index contributed by atoms with van der Waals surface area (Å²) in [6.45, 7) is 7.43. The standard InChI is InChI=1S/C19H24N4O3/c1-19(2)10-14(21-17(24)16-4-3-7-26-16)13-12-20-18(22-15(13)11-19)23-5-8-25-9-6-23/h3-4,7,12,14H,5-6,8-11H2,1-2H3,(H,21,24)/t14-/m0/s1. The molecule has 2 aromatic rings. The third kappa shape index (κ3) is 3.44. The van der Waals surface area contributed by atoms with Gasteiger partial charge in [0.15, 0.2) is 5.76 Å². The van der Waals surface area contributed by atoms with Gasteiger partial charge in [-0.15, -0.1) is 0 Å². The van der Waals surface area contributed by atoms with Crippen LogP contribution in [0.3, 0.4) is 0 Å². The van der Waals surface area contributed by atoms with Gasteiger partial charge in [0.2, 0.25) is 5.95 Å². The fourth-order valence-corrected chi connectivity index (χ4v) is 3.72. The molecule has 0 bridgehead atoms. The maximum absolute atomic E-state index is 12.4. The summed E-state index contributed by atoms with van der Waals surface area (Å²) in [4.78, 5) is 24.0. The number of carbonyl (C=O) groups is 1. The molecule has 2 aliphatic rings. The van der Waals surface area contributed by atoms with Crippen molar-refractivity contribution in [2.75, 3.05) is 31.2 Å². The zero-order valence-electron chi connectivity index (χ0n) is 15.2. The quantitative estimate of drug-likeness (QED) is 0.909. The van der Waals surface area contributed by atoms with Gasteiger partial charge in [0, 0.05) is 24.8 Å². The Kier molecular flexibility index (Phi) is 4.40. The van der Waals surface area contributed by atoms with Crippen molar-refractivity contribution in [1.82, 2.24) is 15.3 Å². The Balaban J connectivity index is 1.60. The number of ether oxygens (including phenoxy) is 1. The molecule has 1 N–H and O–H groups in total. The molecule has 1 amide bonds. The summed E-state index contributed by atoms with van der Waals surface area (Å²) in [5, 5.41) is 3.09. The Bertz CT molecular complexity index is 782. The number of furan rings is 1. The van der Waals surface area contributed by atoms with Crippen LogP contribution in [0.1, 0.15) is 48.1 Å². The molecule has 1 fully saturated rings. The van der Waals surface area contributed by atoms with Gasteiger partial charge in [-0.2, -0.15) is 0 Å². The number of nitrogens with zero attached hydrogens (tertiary/aromatic N) is 3. The first-order valence-corrected chi connectivity index (χ1v) is 9.05. The molecule has 2 aromatic heterocycles. The zero-order chi connectivity index (χ0) is 18.1. The number of aromatic nitrogens is 2. The van der Waals surface area contributed by atoms with Crippen LogP contribution in [0.5, 0.6) is 0 Å². The maximum Gasteiger partial charge on any atom is 0.287 e. The van der Waals surface area contributed by atoms with Crippen LogP contribution in [-0.4, -0.2) is 42.2 Å². The van der Waals surface area contributed by atoms with E-state index in [1.165, 1.54) is 6.26 Å². The van der Waals surface area contributed by atoms with Crippen LogP contribution < -0.4 is 10.2 Å². The fourth-order valence-electron chi connectivity index (χ4n) is 3.72. The number of fused-ring (bicyclic) bond motifs is 1. The van der Waals surface area contributed by atoms with E-state index in [1.54, 1.807) is 12.1 Å². The molecule has 1 saturated heterocycles. The average molecular weight is 356 g/mol. The molecule has 4 rings (SSSR count). The fraction of sp³-hybridized carbons (Fsp3) is 0.526. The Morgan fingerprint density at radius 2 is 2.15 bits per heavy atom. The Morgan fingerprint density at radius 3 is 2.88 bits per heavy atom. The monoisotopic (exact) mass is 356 g/mol. The first kappa shape index (κ1) is 17.0. The number of hydrogen-bond donors (Lipinski definition) is 1. The highest BCUT2D eigenvalue weighted by molar-refractivity contribution is 5.91. The van der Waals surface area contributed by atoms with Gasteiger partial charge in [0.1, 0.15) is 0 Å². The minimum absolute atomic E-state index is 0.0464. The Labute approximate surface area is 152 Å². The van der Waals surface area contributed by atoms with Crippen LogP contribution in [-0.2, 0) is 11.2 Å². The van der Waals surface area contributed by atoms with Crippen molar-refractivity contribution in [2.24, 2.45) is 5.41 Å². The van der Waals surface area contributed by atoms with Crippen LogP contribution in [0.15, 0.2) is 29.0 Å². The average Bonchev–Trinajstić information content (AvgIpc) is 3.16. The third-order valence-electron chi connectivity index (χ3n) is 5.01. The van der Waals surface area contributed by atoms with Crippen molar-refractivity contribution in [1.29, 1.82) is 0 Å². The van der Waals surface area contributed by atoms with E-state index in [-0.39, 0.29) is 17.4 Å². The zero-order valence-corrected chi connectivity index (χ0v) is 15.2. The molecule has 26 heavy (non-hydrogen) atoms. The van der Waals surface area contributed by atoms with Gasteiger partial charge in [0.25, 0.3) is 5.91 Å². The van der Waals surface area contributed by atoms with Gasteiger partial charge in [-0.1, -0.05) is 13.8 Å². The topological polar surface area (TPSA) is 80.5 Å². The minimum atomic E-state index is -0.207. The molecule has 7 heteroatoms. The molecule has 3 heterocycles. The van der Waals surface area contributed by atoms with Gasteiger partial charge >= 0.3 is 0 Å². The molecule has 0 radical (unpaired) electrons. The second kappa shape index (κ2) is 6.72. The third-order valence-corrected chi connectivity index (χ3v) is 5.01. The van der Waals surface area contributed by atoms with Gasteiger partial charge in [-0.3, -0.25) is 4.79 Å². The van der Waals surface area contributed by atoms with Crippen molar-refractivity contribution in [3.63, 3.8) is 0 Å². The molecular formula is C19H24N4O3. The molecule has 0 saturated carbocycles. The number of rotatable bonds is 3. The van der Waals surface area contributed by atoms with Crippen LogP contribution in [0.4, 0.5) is 5.95 Å². The summed E-state index contributed by atoms with van der Waals surface area (Å²) in [5.74, 6) is 0.863. The second-order valence-electron chi connectivity index (χ2n) is 7.72. The Morgan fingerprint density at radius 1 is 1.35 bits per heavy atom. The SMILES string of the molecule is CC1(C)Cc2nc(N3CCOCC3)ncc2[C@@H](NC(=O)c2ccco2)C1. The first-order valence-electron chi connectivity index (χ1n) is 9.05. The summed E-state index contributed by atoms with van der Waals surface area (Å²) in [7, 11) is 0. The lowest BCUT2D eigenvalue weighted by atomic mass is 9.74. The van der Waals surface area contributed by atoms with E-state index in [2.05, 4.69) is 29.0 Å². The summed E-state index contributed by atoms with van der Waals surface area (Å²) < 4.78 is 10.6. The van der Waals surface area contributed by atoms with Crippen molar-refractivity contribution in [2.45, 2.75) is 32.7 Å². The highest BCUT2D eigenvalue weighted by Crippen LogP contribution is 2.40. The van der Waals surface area contributed by atoms with Crippen LogP contribution in [0.2, 0.25) is 0 Å². The van der Waals surface area contributed by atoms with Crippen LogP contribution >= 0.6 is 0 Å². The van der Waals surface area contributed by atoms with Gasteiger partial charge in [-0.25, -0.2) is 9.97 Å². The van der Waals surface area contributed by atoms with Gasteiger partial charge in [0.05, 0.1) is 31.2 Å². The predicted octanol–water partition coefficient (Wildman–Crippen LogP) is 2.35. The van der Waals surface area contributed by atoms with Crippen molar-refractivity contribution >= 4 is 11.9 Å². The van der Waals surface area contributed by atoms with Gasteiger partial charge < -0.3 is 19.4 Å². The number of nitrogens with one attached hydrogen (secondary N) is 1. The summed E-state index contributed by atoms with van der Waals surface area (Å²) >= 11 is 0. The molecule has 138 valence electrons. The highest BCUT2D eigenvalue weighted by Gasteiger charge is 2.35. The van der Waals surface area contributed by atoms with E-state index in [1.807, 2.05) is 6.20 Å². The molecule has 7 nitrogen and oxygen atoms in total. The lowest BCUT2D eigenvalue weighted by Gasteiger charge is -2.37. The van der Waals surface area contributed by atoms with Crippen molar-refractivity contribution in [3.05, 3.63) is 41.6 Å². The minimum Gasteiger partial charge on any atom is -0.459 e. The predicted molar refractivity (Wildman–Crippen MR) is 96.1 cm³/mol. The molecule has 1 atom stereocenters. The number of anilines is 1. The largest absolute Gasteiger partial charge is 0.459 e. The lowest BCUT2D eigenvalue weighted by Crippen LogP contribution is -2.39. The molecule has 1 aliphatic heterocycles. The first-order chi connectivity index (χ1) is 12.5. The molecule has 1 aliphatic carbocycles. The normalized spacial score (nSPS) is 21.9. The van der Waals surface area contributed by atoms with Crippen LogP contribution in [0, 0.1) is 5.41 Å². The van der Waals surface area contributed by atoms with Crippen molar-refractivity contribution in [3.8, 4) is 0 Å². The molecule has 0 unspecified atom stereocenters. The number of amides is 1. The van der Waals surface area contributed by atoms with Crippen LogP contribution in [0.25, 0.3) is 0 Å². The van der Waals surface area contributed by atoms with E-state index in [4.69, 9.17) is 14.1 Å². The highest BCUT2D eigenvalue weighted by atomic mass is 16.5. The lowest BCUT2D eigenvalue weighted by molar-refractivity contribution is 0.0890. The summed E-state index contributed by atoms with van der Waals surface area (Å²) in [5.41, 5.74) is 2.06.